The van der Waals surface area contributed by atoms with E-state index < -0.39 is 0 Å². The Balaban J connectivity index is 1.60. The number of carbonyl (C=O) groups is 1. The van der Waals surface area contributed by atoms with Gasteiger partial charge in [0.2, 0.25) is 0 Å². The minimum absolute atomic E-state index is 0.124. The number of rotatable bonds is 2. The van der Waals surface area contributed by atoms with Crippen molar-refractivity contribution in [3.63, 3.8) is 0 Å². The van der Waals surface area contributed by atoms with Crippen molar-refractivity contribution in [1.29, 1.82) is 0 Å². The second-order valence-corrected chi connectivity index (χ2v) is 6.49. The minimum Gasteiger partial charge on any atom is -0.339 e. The summed E-state index contributed by atoms with van der Waals surface area (Å²) in [5.41, 5.74) is 2.61. The average molecular weight is 335 g/mol. The fraction of sp³-hybridized carbons (Fsp3) is 0.368. The largest absolute Gasteiger partial charge is 0.339 e. The van der Waals surface area contributed by atoms with Gasteiger partial charge in [0, 0.05) is 36.6 Å². The van der Waals surface area contributed by atoms with Crippen molar-refractivity contribution in [2.45, 2.75) is 32.1 Å². The molecule has 1 fully saturated rings. The van der Waals surface area contributed by atoms with Crippen LogP contribution in [0.1, 0.15) is 42.5 Å². The number of benzene rings is 1. The third-order valence-corrected chi connectivity index (χ3v) is 4.72. The van der Waals surface area contributed by atoms with Gasteiger partial charge in [0.25, 0.3) is 11.7 Å². The molecule has 128 valence electrons. The van der Waals surface area contributed by atoms with Crippen LogP contribution in [0.25, 0.3) is 16.9 Å². The van der Waals surface area contributed by atoms with E-state index in [1.165, 1.54) is 25.6 Å². The van der Waals surface area contributed by atoms with Gasteiger partial charge in [-0.2, -0.15) is 10.1 Å². The lowest BCUT2D eigenvalue weighted by Crippen LogP contribution is -2.33. The Hall–Kier alpha value is -2.76. The SMILES string of the molecule is O=C(c1cccc(-c2cnc3ncnn3c2)c1)N1CCCCCCC1. The lowest BCUT2D eigenvalue weighted by molar-refractivity contribution is 0.0742. The van der Waals surface area contributed by atoms with E-state index in [4.69, 9.17) is 0 Å². The molecule has 6 heteroatoms. The van der Waals surface area contributed by atoms with Crippen LogP contribution in [0, 0.1) is 0 Å². The van der Waals surface area contributed by atoms with Crippen molar-refractivity contribution in [3.8, 4) is 11.1 Å². The molecular weight excluding hydrogens is 314 g/mol. The maximum atomic E-state index is 12.9. The van der Waals surface area contributed by atoms with Crippen molar-refractivity contribution >= 4 is 11.7 Å². The van der Waals surface area contributed by atoms with Crippen LogP contribution in [0.2, 0.25) is 0 Å². The summed E-state index contributed by atoms with van der Waals surface area (Å²) in [6, 6.07) is 7.76. The van der Waals surface area contributed by atoms with Gasteiger partial charge in [-0.1, -0.05) is 31.4 Å². The van der Waals surface area contributed by atoms with E-state index in [2.05, 4.69) is 15.1 Å². The van der Waals surface area contributed by atoms with E-state index in [0.29, 0.717) is 5.78 Å². The molecule has 1 amide bonds. The molecule has 6 nitrogen and oxygen atoms in total. The van der Waals surface area contributed by atoms with Crippen LogP contribution in [-0.4, -0.2) is 43.5 Å². The van der Waals surface area contributed by atoms with Gasteiger partial charge in [-0.25, -0.2) is 9.50 Å². The van der Waals surface area contributed by atoms with Crippen LogP contribution in [0.5, 0.6) is 0 Å². The standard InChI is InChI=1S/C19H21N5O/c25-18(23-9-4-2-1-3-5-10-23)16-8-6-7-15(11-16)17-12-20-19-21-14-22-24(19)13-17/h6-8,11-14H,1-5,9-10H2. The molecule has 0 radical (unpaired) electrons. The van der Waals surface area contributed by atoms with E-state index >= 15 is 0 Å². The highest BCUT2D eigenvalue weighted by molar-refractivity contribution is 5.95. The van der Waals surface area contributed by atoms with Crippen molar-refractivity contribution in [2.75, 3.05) is 13.1 Å². The van der Waals surface area contributed by atoms with Gasteiger partial charge in [0.05, 0.1) is 0 Å². The molecule has 1 saturated heterocycles. The third kappa shape index (κ3) is 3.38. The molecule has 0 bridgehead atoms. The van der Waals surface area contributed by atoms with Crippen LogP contribution < -0.4 is 0 Å². The van der Waals surface area contributed by atoms with Gasteiger partial charge in [-0.15, -0.1) is 0 Å². The zero-order valence-corrected chi connectivity index (χ0v) is 14.1. The highest BCUT2D eigenvalue weighted by Crippen LogP contribution is 2.21. The van der Waals surface area contributed by atoms with Crippen LogP contribution in [0.3, 0.4) is 0 Å². The highest BCUT2D eigenvalue weighted by atomic mass is 16.2. The van der Waals surface area contributed by atoms with E-state index in [1.54, 1.807) is 10.7 Å². The zero-order chi connectivity index (χ0) is 17.1. The Morgan fingerprint density at radius 1 is 0.960 bits per heavy atom. The molecule has 4 rings (SSSR count). The molecule has 0 spiro atoms. The smallest absolute Gasteiger partial charge is 0.253 e. The Labute approximate surface area is 146 Å². The van der Waals surface area contributed by atoms with Crippen LogP contribution in [0.4, 0.5) is 0 Å². The van der Waals surface area contributed by atoms with Crippen molar-refractivity contribution in [1.82, 2.24) is 24.5 Å². The first-order valence-corrected chi connectivity index (χ1v) is 8.86. The Kier molecular flexibility index (Phi) is 4.41. The molecule has 3 aromatic rings. The molecule has 1 aliphatic heterocycles. The molecule has 0 atom stereocenters. The van der Waals surface area contributed by atoms with Gasteiger partial charge < -0.3 is 4.90 Å². The molecule has 3 heterocycles. The van der Waals surface area contributed by atoms with E-state index in [0.717, 1.165) is 42.6 Å². The molecule has 0 unspecified atom stereocenters. The summed E-state index contributed by atoms with van der Waals surface area (Å²) in [5, 5.41) is 4.12. The quantitative estimate of drug-likeness (QED) is 0.721. The number of aromatic nitrogens is 4. The summed E-state index contributed by atoms with van der Waals surface area (Å²) in [7, 11) is 0. The molecule has 1 aliphatic rings. The third-order valence-electron chi connectivity index (χ3n) is 4.72. The summed E-state index contributed by atoms with van der Waals surface area (Å²) >= 11 is 0. The minimum atomic E-state index is 0.124. The monoisotopic (exact) mass is 335 g/mol. The summed E-state index contributed by atoms with van der Waals surface area (Å²) in [4.78, 5) is 23.3. The fourth-order valence-corrected chi connectivity index (χ4v) is 3.33. The second-order valence-electron chi connectivity index (χ2n) is 6.49. The van der Waals surface area contributed by atoms with Gasteiger partial charge in [0.15, 0.2) is 0 Å². The number of nitrogens with zero attached hydrogens (tertiary/aromatic N) is 5. The number of hydrogen-bond donors (Lipinski definition) is 0. The summed E-state index contributed by atoms with van der Waals surface area (Å²) < 4.78 is 1.64. The van der Waals surface area contributed by atoms with Gasteiger partial charge in [0.1, 0.15) is 6.33 Å². The van der Waals surface area contributed by atoms with Crippen LogP contribution in [0.15, 0.2) is 43.0 Å². The van der Waals surface area contributed by atoms with Crippen molar-refractivity contribution in [2.24, 2.45) is 0 Å². The molecule has 2 aromatic heterocycles. The lowest BCUT2D eigenvalue weighted by atomic mass is 10.0. The summed E-state index contributed by atoms with van der Waals surface area (Å²) in [5.74, 6) is 0.690. The number of hydrogen-bond acceptors (Lipinski definition) is 4. The Morgan fingerprint density at radius 2 is 1.76 bits per heavy atom. The second kappa shape index (κ2) is 7.01. The predicted molar refractivity (Wildman–Crippen MR) is 95.2 cm³/mol. The first-order valence-electron chi connectivity index (χ1n) is 8.86. The van der Waals surface area contributed by atoms with Crippen molar-refractivity contribution in [3.05, 3.63) is 48.5 Å². The predicted octanol–water partition coefficient (Wildman–Crippen LogP) is 3.20. The van der Waals surface area contributed by atoms with Gasteiger partial charge in [-0.05, 0) is 30.5 Å². The maximum absolute atomic E-state index is 12.9. The first-order chi connectivity index (χ1) is 12.3. The summed E-state index contributed by atoms with van der Waals surface area (Å²) in [6.45, 7) is 1.71. The van der Waals surface area contributed by atoms with E-state index in [-0.39, 0.29) is 5.91 Å². The maximum Gasteiger partial charge on any atom is 0.253 e. The molecule has 0 saturated carbocycles. The first kappa shape index (κ1) is 15.7. The van der Waals surface area contributed by atoms with Crippen molar-refractivity contribution < 1.29 is 4.79 Å². The van der Waals surface area contributed by atoms with Crippen LogP contribution >= 0.6 is 0 Å². The topological polar surface area (TPSA) is 63.4 Å². The zero-order valence-electron chi connectivity index (χ0n) is 14.1. The summed E-state index contributed by atoms with van der Waals surface area (Å²) in [6.07, 6.45) is 11.0. The lowest BCUT2D eigenvalue weighted by Gasteiger charge is -2.25. The molecular formula is C19H21N5O. The molecule has 0 N–H and O–H groups in total. The van der Waals surface area contributed by atoms with E-state index in [1.807, 2.05) is 35.4 Å². The number of carbonyl (C=O) groups excluding carboxylic acids is 1. The van der Waals surface area contributed by atoms with Gasteiger partial charge >= 0.3 is 0 Å². The van der Waals surface area contributed by atoms with E-state index in [9.17, 15) is 4.79 Å². The Bertz CT molecular complexity index is 880. The Morgan fingerprint density at radius 3 is 2.60 bits per heavy atom. The fourth-order valence-electron chi connectivity index (χ4n) is 3.33. The number of fused-ring (bicyclic) bond motifs is 1. The molecule has 25 heavy (non-hydrogen) atoms. The normalized spacial score (nSPS) is 15.8. The number of likely N-dealkylation sites (tertiary alicyclic amines) is 1. The highest BCUT2D eigenvalue weighted by Gasteiger charge is 2.17. The molecule has 0 aliphatic carbocycles. The van der Waals surface area contributed by atoms with Crippen LogP contribution in [-0.2, 0) is 0 Å². The van der Waals surface area contributed by atoms with Gasteiger partial charge in [-0.3, -0.25) is 4.79 Å². The average Bonchev–Trinajstić information content (AvgIpc) is 3.09. The molecule has 1 aromatic carbocycles. The number of amides is 1.